The molecule has 0 spiro atoms. The fourth-order valence-corrected chi connectivity index (χ4v) is 1.30. The van der Waals surface area contributed by atoms with Crippen molar-refractivity contribution >= 4 is 0 Å². The van der Waals surface area contributed by atoms with E-state index in [9.17, 15) is 0 Å². The summed E-state index contributed by atoms with van der Waals surface area (Å²) in [6, 6.07) is 12.5. The van der Waals surface area contributed by atoms with Gasteiger partial charge in [-0.1, -0.05) is 45.4 Å². The Morgan fingerprint density at radius 1 is 0.875 bits per heavy atom. The van der Waals surface area contributed by atoms with Gasteiger partial charge in [-0.3, -0.25) is 0 Å². The van der Waals surface area contributed by atoms with Gasteiger partial charge in [-0.25, -0.2) is 0 Å². The zero-order valence-corrected chi connectivity index (χ0v) is 13.4. The molecule has 0 fully saturated rings. The van der Waals surface area contributed by atoms with Crippen LogP contribution in [-0.4, -0.2) is 0 Å². The Bertz CT molecular complexity index is 151. The second kappa shape index (κ2) is 17.3. The van der Waals surface area contributed by atoms with E-state index in [1.807, 2.05) is 30.3 Å². The van der Waals surface area contributed by atoms with Gasteiger partial charge in [-0.15, -0.1) is 0 Å². The molecule has 1 aromatic carbocycles. The van der Waals surface area contributed by atoms with E-state index in [2.05, 4.69) is 19.9 Å². The van der Waals surface area contributed by atoms with Gasteiger partial charge in [0.05, 0.1) is 0 Å². The molecule has 0 aromatic heterocycles. The minimum atomic E-state index is 0. The average Bonchev–Trinajstić information content (AvgIpc) is 2.32. The minimum Gasteiger partial charge on any atom is -0.343 e. The maximum atomic E-state index is 3.80. The molecule has 16 heavy (non-hydrogen) atoms. The Morgan fingerprint density at radius 2 is 1.44 bits per heavy atom. The van der Waals surface area contributed by atoms with Crippen molar-refractivity contribution < 1.29 is 21.1 Å². The molecule has 0 unspecified atom stereocenters. The third-order valence-corrected chi connectivity index (χ3v) is 2.21. The van der Waals surface area contributed by atoms with Crippen LogP contribution in [0.5, 0.6) is 0 Å². The van der Waals surface area contributed by atoms with E-state index in [-0.39, 0.29) is 21.1 Å². The first-order chi connectivity index (χ1) is 7.41. The summed E-state index contributed by atoms with van der Waals surface area (Å²) in [5.41, 5.74) is 0. The third kappa shape index (κ3) is 16.3. The van der Waals surface area contributed by atoms with Gasteiger partial charge in [-0.2, -0.15) is 42.8 Å². The zero-order chi connectivity index (χ0) is 11.2. The van der Waals surface area contributed by atoms with E-state index in [0.717, 1.165) is 6.42 Å². The molecule has 0 amide bonds. The molecule has 1 aromatic rings. The van der Waals surface area contributed by atoms with Crippen LogP contribution in [0.2, 0.25) is 0 Å². The van der Waals surface area contributed by atoms with E-state index in [0.29, 0.717) is 0 Å². The van der Waals surface area contributed by atoms with Gasteiger partial charge in [0.2, 0.25) is 0 Å². The molecule has 90 valence electrons. The number of hydrogen-bond donors (Lipinski definition) is 0. The molecule has 0 aliphatic heterocycles. The number of benzene rings is 1. The third-order valence-electron chi connectivity index (χ3n) is 2.21. The Morgan fingerprint density at radius 3 is 1.81 bits per heavy atom. The van der Waals surface area contributed by atoms with Gasteiger partial charge < -0.3 is 6.92 Å². The summed E-state index contributed by atoms with van der Waals surface area (Å²) >= 11 is 0. The Labute approximate surface area is 116 Å². The van der Waals surface area contributed by atoms with E-state index in [1.54, 1.807) is 0 Å². The van der Waals surface area contributed by atoms with Crippen molar-refractivity contribution in [3.8, 4) is 0 Å². The van der Waals surface area contributed by atoms with Crippen LogP contribution in [0.15, 0.2) is 30.3 Å². The summed E-state index contributed by atoms with van der Waals surface area (Å²) < 4.78 is 0. The van der Waals surface area contributed by atoms with Crippen molar-refractivity contribution in [3.63, 3.8) is 0 Å². The Balaban J connectivity index is 0. The van der Waals surface area contributed by atoms with Gasteiger partial charge in [0, 0.05) is 0 Å². The van der Waals surface area contributed by atoms with Crippen LogP contribution < -0.4 is 0 Å². The molecule has 0 aliphatic rings. The van der Waals surface area contributed by atoms with Gasteiger partial charge in [-0.05, 0) is 0 Å². The monoisotopic (exact) mass is 388 g/mol. The molecule has 1 heteroatoms. The van der Waals surface area contributed by atoms with Gasteiger partial charge in [0.15, 0.2) is 0 Å². The van der Waals surface area contributed by atoms with Crippen molar-refractivity contribution in [2.45, 2.75) is 51.9 Å². The minimum absolute atomic E-state index is 0. The van der Waals surface area contributed by atoms with Crippen LogP contribution in [0, 0.1) is 13.0 Å². The molecule has 0 bridgehead atoms. The van der Waals surface area contributed by atoms with E-state index < -0.39 is 0 Å². The standard InChI is InChI=1S/C9H19.C6H5.W/c1-3-5-7-9-8-6-4-2;1-2-4-6-5-3-1;/h1,3-9H2,2H3;1-5H;/q2*-1;+2. The fourth-order valence-electron chi connectivity index (χ4n) is 1.30. The molecular formula is C15H24W. The molecule has 0 atom stereocenters. The normalized spacial score (nSPS) is 8.62. The van der Waals surface area contributed by atoms with Crippen LogP contribution in [0.1, 0.15) is 51.9 Å². The van der Waals surface area contributed by atoms with Gasteiger partial charge in [0.25, 0.3) is 0 Å². The maximum Gasteiger partial charge on any atom is 2.00 e. The van der Waals surface area contributed by atoms with Crippen LogP contribution in [0.4, 0.5) is 0 Å². The predicted molar refractivity (Wildman–Crippen MR) is 68.6 cm³/mol. The van der Waals surface area contributed by atoms with Crippen molar-refractivity contribution in [1.82, 2.24) is 0 Å². The molecular weight excluding hydrogens is 364 g/mol. The summed E-state index contributed by atoms with van der Waals surface area (Å²) in [6.07, 6.45) is 9.45. The topological polar surface area (TPSA) is 0 Å². The van der Waals surface area contributed by atoms with Crippen molar-refractivity contribution in [1.29, 1.82) is 0 Å². The van der Waals surface area contributed by atoms with E-state index in [1.165, 1.54) is 38.5 Å². The quantitative estimate of drug-likeness (QED) is 0.472. The van der Waals surface area contributed by atoms with Crippen molar-refractivity contribution in [2.24, 2.45) is 0 Å². The number of rotatable bonds is 6. The average molecular weight is 388 g/mol. The van der Waals surface area contributed by atoms with Gasteiger partial charge >= 0.3 is 21.1 Å². The Kier molecular flexibility index (Phi) is 19.8. The number of unbranched alkanes of at least 4 members (excludes halogenated alkanes) is 6. The first-order valence-corrected chi connectivity index (χ1v) is 6.12. The Hall–Kier alpha value is -0.0917. The molecule has 0 aliphatic carbocycles. The summed E-state index contributed by atoms with van der Waals surface area (Å²) in [5.74, 6) is 0. The largest absolute Gasteiger partial charge is 2.00 e. The summed E-state index contributed by atoms with van der Waals surface area (Å²) in [5, 5.41) is 0. The fraction of sp³-hybridized carbons (Fsp3) is 0.533. The molecule has 0 saturated carbocycles. The zero-order valence-electron chi connectivity index (χ0n) is 10.5. The van der Waals surface area contributed by atoms with Crippen molar-refractivity contribution in [3.05, 3.63) is 43.3 Å². The molecule has 0 saturated heterocycles. The second-order valence-electron chi connectivity index (χ2n) is 3.70. The van der Waals surface area contributed by atoms with Crippen molar-refractivity contribution in [2.75, 3.05) is 0 Å². The van der Waals surface area contributed by atoms with Crippen LogP contribution in [0.3, 0.4) is 0 Å². The second-order valence-corrected chi connectivity index (χ2v) is 3.70. The predicted octanol–water partition coefficient (Wildman–Crippen LogP) is 5.06. The molecule has 1 rings (SSSR count). The smallest absolute Gasteiger partial charge is 0.343 e. The van der Waals surface area contributed by atoms with Crippen LogP contribution >= 0.6 is 0 Å². The van der Waals surface area contributed by atoms with Crippen LogP contribution in [0.25, 0.3) is 0 Å². The molecule has 0 nitrogen and oxygen atoms in total. The SMILES string of the molecule is [CH2-]CCCCCCCC.[W+2].[c-]1ccccc1. The van der Waals surface area contributed by atoms with Crippen LogP contribution in [-0.2, 0) is 21.1 Å². The number of hydrogen-bond acceptors (Lipinski definition) is 0. The molecule has 0 heterocycles. The molecule has 0 radical (unpaired) electrons. The summed E-state index contributed by atoms with van der Waals surface area (Å²) in [6.45, 7) is 6.05. The first-order valence-electron chi connectivity index (χ1n) is 6.12. The maximum absolute atomic E-state index is 3.80. The first kappa shape index (κ1) is 18.3. The summed E-state index contributed by atoms with van der Waals surface area (Å²) in [7, 11) is 0. The van der Waals surface area contributed by atoms with Gasteiger partial charge in [0.1, 0.15) is 0 Å². The molecule has 0 N–H and O–H groups in total. The summed E-state index contributed by atoms with van der Waals surface area (Å²) in [4.78, 5) is 0. The van der Waals surface area contributed by atoms with E-state index >= 15 is 0 Å². The van der Waals surface area contributed by atoms with E-state index in [4.69, 9.17) is 0 Å².